The van der Waals surface area contributed by atoms with Crippen LogP contribution in [0.2, 0.25) is 0 Å². The number of carbonyl (C=O) groups excluding carboxylic acids is 1. The van der Waals surface area contributed by atoms with Gasteiger partial charge in [0.1, 0.15) is 11.5 Å². The average Bonchev–Trinajstić information content (AvgIpc) is 3.19. The van der Waals surface area contributed by atoms with Gasteiger partial charge in [0, 0.05) is 42.9 Å². The van der Waals surface area contributed by atoms with Crippen LogP contribution in [0.5, 0.6) is 11.5 Å². The number of fused-ring (bicyclic) bond motifs is 2. The van der Waals surface area contributed by atoms with Gasteiger partial charge in [-0.3, -0.25) is 9.78 Å². The molecule has 0 radical (unpaired) electrons. The fraction of sp³-hybridized carbons (Fsp3) is 0.294. The normalized spacial score (nSPS) is 14.7. The molecule has 0 fully saturated rings. The molecule has 4 rings (SSSR count). The third-order valence-corrected chi connectivity index (χ3v) is 4.08. The van der Waals surface area contributed by atoms with Crippen LogP contribution in [0.15, 0.2) is 30.6 Å². The molecule has 0 unspecified atom stereocenters. The summed E-state index contributed by atoms with van der Waals surface area (Å²) in [6.45, 7) is 1.73. The van der Waals surface area contributed by atoms with E-state index in [1.165, 1.54) is 0 Å². The molecular formula is C17H16N2O3. The van der Waals surface area contributed by atoms with Gasteiger partial charge in [-0.2, -0.15) is 0 Å². The monoisotopic (exact) mass is 296 g/mol. The largest absolute Gasteiger partial charge is 0.493 e. The van der Waals surface area contributed by atoms with E-state index >= 15 is 0 Å². The summed E-state index contributed by atoms with van der Waals surface area (Å²) in [4.78, 5) is 16.7. The van der Waals surface area contributed by atoms with Crippen LogP contribution in [0.1, 0.15) is 27.0 Å². The van der Waals surface area contributed by atoms with Crippen LogP contribution in [-0.4, -0.2) is 24.1 Å². The number of pyridine rings is 1. The first-order valence-electron chi connectivity index (χ1n) is 7.44. The van der Waals surface area contributed by atoms with Gasteiger partial charge in [0.2, 0.25) is 0 Å². The second-order valence-corrected chi connectivity index (χ2v) is 5.45. The van der Waals surface area contributed by atoms with Crippen LogP contribution in [0.25, 0.3) is 0 Å². The molecule has 5 nitrogen and oxygen atoms in total. The summed E-state index contributed by atoms with van der Waals surface area (Å²) in [7, 11) is 0. The number of benzene rings is 1. The highest BCUT2D eigenvalue weighted by Gasteiger charge is 2.30. The molecule has 2 aliphatic rings. The lowest BCUT2D eigenvalue weighted by atomic mass is 9.99. The van der Waals surface area contributed by atoms with E-state index in [1.54, 1.807) is 12.4 Å². The van der Waals surface area contributed by atoms with Gasteiger partial charge in [0.05, 0.1) is 18.8 Å². The first-order valence-corrected chi connectivity index (χ1v) is 7.44. The molecule has 5 heteroatoms. The zero-order chi connectivity index (χ0) is 14.9. The van der Waals surface area contributed by atoms with Crippen LogP contribution < -0.4 is 14.8 Å². The van der Waals surface area contributed by atoms with E-state index in [1.807, 2.05) is 18.2 Å². The minimum atomic E-state index is -0.0997. The van der Waals surface area contributed by atoms with Gasteiger partial charge in [0.15, 0.2) is 0 Å². The smallest absolute Gasteiger partial charge is 0.255 e. The van der Waals surface area contributed by atoms with Crippen LogP contribution in [0.3, 0.4) is 0 Å². The molecule has 22 heavy (non-hydrogen) atoms. The molecule has 0 saturated carbocycles. The molecule has 2 aromatic rings. The lowest BCUT2D eigenvalue weighted by molar-refractivity contribution is 0.0947. The number of carbonyl (C=O) groups is 1. The fourth-order valence-electron chi connectivity index (χ4n) is 3.00. The van der Waals surface area contributed by atoms with Crippen LogP contribution in [-0.2, 0) is 19.4 Å². The van der Waals surface area contributed by atoms with Gasteiger partial charge in [0.25, 0.3) is 5.91 Å². The Morgan fingerprint density at radius 2 is 2.00 bits per heavy atom. The standard InChI is InChI=1S/C17H16N2O3/c20-17(19-10-11-1-5-18-6-2-11)15-13-4-8-21-14(13)9-12-3-7-22-16(12)15/h1-2,5-6,9H,3-4,7-8,10H2,(H,19,20). The molecule has 0 saturated heterocycles. The van der Waals surface area contributed by atoms with Crippen molar-refractivity contribution in [3.8, 4) is 11.5 Å². The van der Waals surface area contributed by atoms with E-state index in [4.69, 9.17) is 9.47 Å². The van der Waals surface area contributed by atoms with E-state index in [0.717, 1.165) is 41.0 Å². The van der Waals surface area contributed by atoms with Crippen molar-refractivity contribution in [2.75, 3.05) is 13.2 Å². The third-order valence-electron chi connectivity index (χ3n) is 4.08. The summed E-state index contributed by atoms with van der Waals surface area (Å²) in [5.74, 6) is 1.46. The van der Waals surface area contributed by atoms with E-state index in [2.05, 4.69) is 10.3 Å². The first kappa shape index (κ1) is 13.1. The Morgan fingerprint density at radius 1 is 1.18 bits per heavy atom. The molecule has 3 heterocycles. The van der Waals surface area contributed by atoms with Gasteiger partial charge in [-0.1, -0.05) is 0 Å². The predicted octanol–water partition coefficient (Wildman–Crippen LogP) is 1.88. The molecule has 1 amide bonds. The summed E-state index contributed by atoms with van der Waals surface area (Å²) in [6, 6.07) is 5.80. The maximum atomic E-state index is 12.7. The molecule has 0 aliphatic carbocycles. The minimum Gasteiger partial charge on any atom is -0.493 e. The molecule has 112 valence electrons. The van der Waals surface area contributed by atoms with Gasteiger partial charge in [-0.15, -0.1) is 0 Å². The maximum absolute atomic E-state index is 12.7. The van der Waals surface area contributed by atoms with Crippen LogP contribution in [0.4, 0.5) is 0 Å². The highest BCUT2D eigenvalue weighted by Crippen LogP contribution is 2.40. The second kappa shape index (κ2) is 5.33. The Morgan fingerprint density at radius 3 is 2.86 bits per heavy atom. The Hall–Kier alpha value is -2.56. The number of rotatable bonds is 3. The second-order valence-electron chi connectivity index (χ2n) is 5.45. The van der Waals surface area contributed by atoms with Gasteiger partial charge >= 0.3 is 0 Å². The number of ether oxygens (including phenoxy) is 2. The van der Waals surface area contributed by atoms with Crippen molar-refractivity contribution in [3.63, 3.8) is 0 Å². The van der Waals surface area contributed by atoms with Crippen molar-refractivity contribution >= 4 is 5.91 Å². The summed E-state index contributed by atoms with van der Waals surface area (Å²) >= 11 is 0. The summed E-state index contributed by atoms with van der Waals surface area (Å²) < 4.78 is 11.3. The lowest BCUT2D eigenvalue weighted by Gasteiger charge is -2.13. The molecule has 2 aliphatic heterocycles. The van der Waals surface area contributed by atoms with Crippen molar-refractivity contribution in [3.05, 3.63) is 52.8 Å². The van der Waals surface area contributed by atoms with Crippen molar-refractivity contribution < 1.29 is 14.3 Å². The van der Waals surface area contributed by atoms with Gasteiger partial charge < -0.3 is 14.8 Å². The van der Waals surface area contributed by atoms with Gasteiger partial charge in [-0.05, 0) is 23.8 Å². The van der Waals surface area contributed by atoms with Crippen LogP contribution in [0, 0.1) is 0 Å². The van der Waals surface area contributed by atoms with Crippen molar-refractivity contribution in [1.82, 2.24) is 10.3 Å². The minimum absolute atomic E-state index is 0.0997. The highest BCUT2D eigenvalue weighted by atomic mass is 16.5. The number of hydrogen-bond donors (Lipinski definition) is 1. The number of amides is 1. The Labute approximate surface area is 128 Å². The lowest BCUT2D eigenvalue weighted by Crippen LogP contribution is -2.24. The van der Waals surface area contributed by atoms with Crippen LogP contribution >= 0.6 is 0 Å². The molecule has 1 N–H and O–H groups in total. The SMILES string of the molecule is O=C(NCc1ccncc1)c1c2c(cc3c1OCC3)OCC2. The summed E-state index contributed by atoms with van der Waals surface area (Å²) in [5, 5.41) is 2.97. The molecule has 1 aromatic heterocycles. The highest BCUT2D eigenvalue weighted by molar-refractivity contribution is 6.00. The number of nitrogens with one attached hydrogen (secondary N) is 1. The number of aromatic nitrogens is 1. The molecular weight excluding hydrogens is 280 g/mol. The fourth-order valence-corrected chi connectivity index (χ4v) is 3.00. The average molecular weight is 296 g/mol. The zero-order valence-corrected chi connectivity index (χ0v) is 12.1. The summed E-state index contributed by atoms with van der Waals surface area (Å²) in [5.41, 5.74) is 3.70. The molecule has 1 aromatic carbocycles. The van der Waals surface area contributed by atoms with E-state index in [9.17, 15) is 4.79 Å². The predicted molar refractivity (Wildman–Crippen MR) is 80.2 cm³/mol. The Kier molecular flexibility index (Phi) is 3.18. The van der Waals surface area contributed by atoms with E-state index in [0.29, 0.717) is 25.3 Å². The van der Waals surface area contributed by atoms with E-state index in [-0.39, 0.29) is 5.91 Å². The van der Waals surface area contributed by atoms with Crippen molar-refractivity contribution in [2.45, 2.75) is 19.4 Å². The molecule has 0 spiro atoms. The maximum Gasteiger partial charge on any atom is 0.255 e. The molecule has 0 bridgehead atoms. The Balaban J connectivity index is 1.63. The zero-order valence-electron chi connectivity index (χ0n) is 12.1. The first-order chi connectivity index (χ1) is 10.8. The van der Waals surface area contributed by atoms with Gasteiger partial charge in [-0.25, -0.2) is 0 Å². The summed E-state index contributed by atoms with van der Waals surface area (Å²) in [6.07, 6.45) is 5.02. The number of nitrogens with zero attached hydrogens (tertiary/aromatic N) is 1. The Bertz CT molecular complexity index is 696. The van der Waals surface area contributed by atoms with Crippen molar-refractivity contribution in [1.29, 1.82) is 0 Å². The molecule has 0 atom stereocenters. The quantitative estimate of drug-likeness (QED) is 0.939. The van der Waals surface area contributed by atoms with Crippen molar-refractivity contribution in [2.24, 2.45) is 0 Å². The number of hydrogen-bond acceptors (Lipinski definition) is 4. The topological polar surface area (TPSA) is 60.5 Å². The third kappa shape index (κ3) is 2.19. The van der Waals surface area contributed by atoms with E-state index < -0.39 is 0 Å².